The van der Waals surface area contributed by atoms with E-state index in [0.29, 0.717) is 23.9 Å². The van der Waals surface area contributed by atoms with Gasteiger partial charge in [-0.05, 0) is 6.42 Å². The molecule has 0 aromatic carbocycles. The van der Waals surface area contributed by atoms with E-state index < -0.39 is 24.2 Å². The number of carbonyl (C=O) groups excluding carboxylic acids is 1. The molecular formula is C11H13N5O3. The Morgan fingerprint density at radius 1 is 1.32 bits per heavy atom. The zero-order chi connectivity index (χ0) is 13.6. The number of anilines is 1. The summed E-state index contributed by atoms with van der Waals surface area (Å²) in [6.45, 7) is 0. The monoisotopic (exact) mass is 263 g/mol. The first-order valence-electron chi connectivity index (χ1n) is 5.88. The largest absolute Gasteiger partial charge is 0.390 e. The van der Waals surface area contributed by atoms with E-state index in [4.69, 9.17) is 5.73 Å². The van der Waals surface area contributed by atoms with E-state index in [2.05, 4.69) is 15.0 Å². The van der Waals surface area contributed by atoms with Gasteiger partial charge in [0.25, 0.3) is 0 Å². The highest BCUT2D eigenvalue weighted by molar-refractivity contribution is 5.81. The zero-order valence-corrected chi connectivity index (χ0v) is 9.92. The van der Waals surface area contributed by atoms with Gasteiger partial charge in [0.1, 0.15) is 24.2 Å². The molecule has 0 aliphatic heterocycles. The second kappa shape index (κ2) is 4.25. The van der Waals surface area contributed by atoms with E-state index in [1.165, 1.54) is 12.7 Å². The molecule has 1 fully saturated rings. The van der Waals surface area contributed by atoms with Crippen molar-refractivity contribution in [1.29, 1.82) is 0 Å². The number of rotatable bonds is 2. The van der Waals surface area contributed by atoms with Gasteiger partial charge in [0, 0.05) is 5.92 Å². The van der Waals surface area contributed by atoms with Gasteiger partial charge in [-0.1, -0.05) is 0 Å². The number of nitrogen functional groups attached to an aromatic ring is 1. The molecule has 4 atom stereocenters. The molecule has 100 valence electrons. The fraction of sp³-hybridized carbons (Fsp3) is 0.455. The number of aliphatic hydroxyl groups is 2. The van der Waals surface area contributed by atoms with E-state index >= 15 is 0 Å². The smallest absolute Gasteiger partial charge is 0.165 e. The molecule has 4 N–H and O–H groups in total. The first kappa shape index (κ1) is 12.0. The Hall–Kier alpha value is -2.06. The van der Waals surface area contributed by atoms with Crippen molar-refractivity contribution in [1.82, 2.24) is 19.5 Å². The SMILES string of the molecule is Nc1ncnc2c1ncn2[C@@H]1C[C@H](C=O)[C@@H](O)[C@H]1O. The summed E-state index contributed by atoms with van der Waals surface area (Å²) in [7, 11) is 0. The molecule has 8 heteroatoms. The lowest BCUT2D eigenvalue weighted by atomic mass is 10.1. The van der Waals surface area contributed by atoms with Crippen molar-refractivity contribution < 1.29 is 15.0 Å². The third-order valence-corrected chi connectivity index (χ3v) is 3.62. The summed E-state index contributed by atoms with van der Waals surface area (Å²) in [6.07, 6.45) is 1.69. The van der Waals surface area contributed by atoms with Crippen molar-refractivity contribution >= 4 is 23.3 Å². The van der Waals surface area contributed by atoms with Gasteiger partial charge in [0.2, 0.25) is 0 Å². The molecule has 0 radical (unpaired) electrons. The van der Waals surface area contributed by atoms with Crippen LogP contribution in [0.1, 0.15) is 12.5 Å². The molecular weight excluding hydrogens is 250 g/mol. The van der Waals surface area contributed by atoms with Crippen molar-refractivity contribution in [2.24, 2.45) is 5.92 Å². The Morgan fingerprint density at radius 2 is 2.11 bits per heavy atom. The van der Waals surface area contributed by atoms with Gasteiger partial charge in [0.15, 0.2) is 11.5 Å². The number of aliphatic hydroxyl groups excluding tert-OH is 2. The molecule has 0 saturated heterocycles. The topological polar surface area (TPSA) is 127 Å². The molecule has 1 aliphatic carbocycles. The van der Waals surface area contributed by atoms with Crippen molar-refractivity contribution in [3.05, 3.63) is 12.7 Å². The Bertz CT molecular complexity index is 628. The molecule has 0 spiro atoms. The van der Waals surface area contributed by atoms with Crippen LogP contribution in [0.15, 0.2) is 12.7 Å². The highest BCUT2D eigenvalue weighted by Crippen LogP contribution is 2.35. The molecule has 0 amide bonds. The van der Waals surface area contributed by atoms with E-state index in [1.54, 1.807) is 4.57 Å². The minimum atomic E-state index is -1.07. The predicted octanol–water partition coefficient (Wildman–Crippen LogP) is -1.11. The first-order valence-corrected chi connectivity index (χ1v) is 5.88. The number of hydrogen-bond acceptors (Lipinski definition) is 7. The van der Waals surface area contributed by atoms with Gasteiger partial charge >= 0.3 is 0 Å². The average molecular weight is 263 g/mol. The molecule has 0 bridgehead atoms. The third-order valence-electron chi connectivity index (χ3n) is 3.62. The van der Waals surface area contributed by atoms with E-state index in [-0.39, 0.29) is 5.82 Å². The summed E-state index contributed by atoms with van der Waals surface area (Å²) in [5, 5.41) is 19.8. The summed E-state index contributed by atoms with van der Waals surface area (Å²) >= 11 is 0. The van der Waals surface area contributed by atoms with Crippen LogP contribution in [0, 0.1) is 5.92 Å². The van der Waals surface area contributed by atoms with Crippen LogP contribution in [0.2, 0.25) is 0 Å². The number of fused-ring (bicyclic) bond motifs is 1. The lowest BCUT2D eigenvalue weighted by molar-refractivity contribution is -0.114. The van der Waals surface area contributed by atoms with Crippen molar-refractivity contribution in [2.75, 3.05) is 5.73 Å². The molecule has 2 heterocycles. The summed E-state index contributed by atoms with van der Waals surface area (Å²) in [6, 6.07) is -0.454. The maximum Gasteiger partial charge on any atom is 0.165 e. The van der Waals surface area contributed by atoms with Crippen LogP contribution < -0.4 is 5.73 Å². The second-order valence-corrected chi connectivity index (χ2v) is 4.67. The van der Waals surface area contributed by atoms with Crippen LogP contribution >= 0.6 is 0 Å². The third kappa shape index (κ3) is 1.68. The minimum Gasteiger partial charge on any atom is -0.390 e. The molecule has 3 rings (SSSR count). The maximum absolute atomic E-state index is 10.9. The summed E-state index contributed by atoms with van der Waals surface area (Å²) < 4.78 is 1.63. The van der Waals surface area contributed by atoms with Crippen LogP contribution in [0.5, 0.6) is 0 Å². The molecule has 2 aromatic rings. The number of nitrogens with two attached hydrogens (primary N) is 1. The first-order chi connectivity index (χ1) is 9.13. The van der Waals surface area contributed by atoms with Crippen molar-refractivity contribution in [2.45, 2.75) is 24.7 Å². The van der Waals surface area contributed by atoms with Gasteiger partial charge in [-0.25, -0.2) is 15.0 Å². The second-order valence-electron chi connectivity index (χ2n) is 4.67. The normalized spacial score (nSPS) is 30.8. The van der Waals surface area contributed by atoms with Crippen LogP contribution in [0.4, 0.5) is 5.82 Å². The molecule has 1 aliphatic rings. The average Bonchev–Trinajstić information content (AvgIpc) is 2.94. The van der Waals surface area contributed by atoms with Crippen LogP contribution in [-0.4, -0.2) is 48.2 Å². The number of aromatic nitrogens is 4. The maximum atomic E-state index is 10.9. The van der Waals surface area contributed by atoms with Crippen molar-refractivity contribution in [3.63, 3.8) is 0 Å². The Balaban J connectivity index is 2.06. The lowest BCUT2D eigenvalue weighted by Crippen LogP contribution is -2.29. The number of aldehydes is 1. The summed E-state index contributed by atoms with van der Waals surface area (Å²) in [5.74, 6) is -0.333. The number of nitrogens with zero attached hydrogens (tertiary/aromatic N) is 4. The van der Waals surface area contributed by atoms with Gasteiger partial charge < -0.3 is 25.3 Å². The number of hydrogen-bond donors (Lipinski definition) is 3. The van der Waals surface area contributed by atoms with Crippen LogP contribution in [-0.2, 0) is 4.79 Å². The molecule has 0 unspecified atom stereocenters. The van der Waals surface area contributed by atoms with E-state index in [9.17, 15) is 15.0 Å². The molecule has 1 saturated carbocycles. The highest BCUT2D eigenvalue weighted by Gasteiger charge is 2.42. The fourth-order valence-electron chi connectivity index (χ4n) is 2.57. The molecule has 8 nitrogen and oxygen atoms in total. The van der Waals surface area contributed by atoms with E-state index in [1.807, 2.05) is 0 Å². The number of imidazole rings is 1. The van der Waals surface area contributed by atoms with Gasteiger partial charge in [-0.3, -0.25) is 0 Å². The van der Waals surface area contributed by atoms with E-state index in [0.717, 1.165) is 0 Å². The van der Waals surface area contributed by atoms with Crippen LogP contribution in [0.25, 0.3) is 11.2 Å². The standard InChI is InChI=1S/C11H13N5O3/c12-10-7-11(14-3-13-10)16(4-15-7)6-1-5(2-17)8(18)9(6)19/h2-6,8-9,18-19H,1H2,(H2,12,13,14)/t5-,6-,8-,9+/m1/s1. The minimum absolute atomic E-state index is 0.253. The Kier molecular flexibility index (Phi) is 2.68. The van der Waals surface area contributed by atoms with Crippen molar-refractivity contribution in [3.8, 4) is 0 Å². The van der Waals surface area contributed by atoms with Gasteiger partial charge in [0.05, 0.1) is 18.5 Å². The zero-order valence-electron chi connectivity index (χ0n) is 9.92. The highest BCUT2D eigenvalue weighted by atomic mass is 16.3. The van der Waals surface area contributed by atoms with Gasteiger partial charge in [-0.2, -0.15) is 0 Å². The molecule has 2 aromatic heterocycles. The quantitative estimate of drug-likeness (QED) is 0.586. The van der Waals surface area contributed by atoms with Crippen LogP contribution in [0.3, 0.4) is 0 Å². The molecule has 19 heavy (non-hydrogen) atoms. The summed E-state index contributed by atoms with van der Waals surface area (Å²) in [4.78, 5) is 22.9. The Morgan fingerprint density at radius 3 is 2.79 bits per heavy atom. The number of carbonyl (C=O) groups is 1. The lowest BCUT2D eigenvalue weighted by Gasteiger charge is -2.17. The Labute approximate surface area is 107 Å². The predicted molar refractivity (Wildman–Crippen MR) is 65.0 cm³/mol. The summed E-state index contributed by atoms with van der Waals surface area (Å²) in [5.41, 5.74) is 6.61. The van der Waals surface area contributed by atoms with Gasteiger partial charge in [-0.15, -0.1) is 0 Å². The fourth-order valence-corrected chi connectivity index (χ4v) is 2.57.